The minimum absolute atomic E-state index is 0.704. The van der Waals surface area contributed by atoms with E-state index in [1.165, 1.54) is 5.32 Å². The molecule has 0 bridgehead atoms. The smallest absolute Gasteiger partial charge is 0.393 e. The maximum absolute atomic E-state index is 12.3. The number of hydrogen-bond acceptors (Lipinski definition) is 7. The van der Waals surface area contributed by atoms with Crippen molar-refractivity contribution in [2.45, 2.75) is 30.2 Å². The SMILES string of the molecule is CO[C@H]1[C@H](n2ccc(=O)[nH]c2=O)O[C@@](CO)(CNC(=O)C(F)(F)F)[C@H]1O. The predicted octanol–water partition coefficient (Wildman–Crippen LogP) is -2.15. The zero-order chi connectivity index (χ0) is 19.7. The number of rotatable bonds is 5. The molecule has 1 amide bonds. The van der Waals surface area contributed by atoms with Gasteiger partial charge in [-0.15, -0.1) is 0 Å². The first kappa shape index (κ1) is 20.1. The number of aliphatic hydroxyl groups excluding tert-OH is 2. The quantitative estimate of drug-likeness (QED) is 0.454. The van der Waals surface area contributed by atoms with Crippen LogP contribution in [0.1, 0.15) is 6.23 Å². The molecular weight excluding hydrogens is 367 g/mol. The van der Waals surface area contributed by atoms with Crippen LogP contribution in [0.2, 0.25) is 0 Å². The molecule has 0 radical (unpaired) electrons. The molecule has 4 atom stereocenters. The van der Waals surface area contributed by atoms with Gasteiger partial charge in [-0.1, -0.05) is 0 Å². The Balaban J connectivity index is 2.33. The average Bonchev–Trinajstić information content (AvgIpc) is 2.84. The van der Waals surface area contributed by atoms with Gasteiger partial charge < -0.3 is 25.0 Å². The second-order valence-electron chi connectivity index (χ2n) is 5.57. The first-order valence-corrected chi connectivity index (χ1v) is 7.22. The molecule has 146 valence electrons. The number of ether oxygens (including phenoxy) is 2. The summed E-state index contributed by atoms with van der Waals surface area (Å²) in [5, 5.41) is 21.5. The Morgan fingerprint density at radius 1 is 1.50 bits per heavy atom. The molecule has 0 spiro atoms. The lowest BCUT2D eigenvalue weighted by molar-refractivity contribution is -0.177. The molecule has 0 saturated carbocycles. The van der Waals surface area contributed by atoms with Crippen molar-refractivity contribution in [3.63, 3.8) is 0 Å². The third kappa shape index (κ3) is 3.65. The summed E-state index contributed by atoms with van der Waals surface area (Å²) >= 11 is 0. The lowest BCUT2D eigenvalue weighted by atomic mass is 9.95. The molecule has 2 rings (SSSR count). The van der Waals surface area contributed by atoms with Gasteiger partial charge in [-0.3, -0.25) is 19.1 Å². The molecule has 0 aliphatic carbocycles. The molecule has 1 fully saturated rings. The van der Waals surface area contributed by atoms with Gasteiger partial charge in [-0.2, -0.15) is 13.2 Å². The third-order valence-corrected chi connectivity index (χ3v) is 3.96. The van der Waals surface area contributed by atoms with Gasteiger partial charge in [-0.25, -0.2) is 4.79 Å². The summed E-state index contributed by atoms with van der Waals surface area (Å²) in [6.07, 6.45) is -8.50. The van der Waals surface area contributed by atoms with Crippen molar-refractivity contribution in [2.24, 2.45) is 0 Å². The Morgan fingerprint density at radius 2 is 2.15 bits per heavy atom. The van der Waals surface area contributed by atoms with Crippen molar-refractivity contribution in [3.8, 4) is 0 Å². The van der Waals surface area contributed by atoms with Crippen LogP contribution < -0.4 is 16.6 Å². The average molecular weight is 383 g/mol. The van der Waals surface area contributed by atoms with Crippen LogP contribution >= 0.6 is 0 Å². The summed E-state index contributed by atoms with van der Waals surface area (Å²) in [6, 6.07) is 0.980. The highest BCUT2D eigenvalue weighted by Gasteiger charge is 2.56. The van der Waals surface area contributed by atoms with E-state index in [2.05, 4.69) is 0 Å². The van der Waals surface area contributed by atoms with Gasteiger partial charge in [-0.05, 0) is 0 Å². The van der Waals surface area contributed by atoms with E-state index in [9.17, 15) is 37.8 Å². The molecule has 10 nitrogen and oxygen atoms in total. The zero-order valence-corrected chi connectivity index (χ0v) is 13.3. The van der Waals surface area contributed by atoms with Crippen LogP contribution in [-0.2, 0) is 14.3 Å². The lowest BCUT2D eigenvalue weighted by Gasteiger charge is -2.30. The van der Waals surface area contributed by atoms with E-state index in [0.717, 1.165) is 23.9 Å². The van der Waals surface area contributed by atoms with Crippen molar-refractivity contribution in [2.75, 3.05) is 20.3 Å². The monoisotopic (exact) mass is 383 g/mol. The van der Waals surface area contributed by atoms with Crippen molar-refractivity contribution in [1.29, 1.82) is 0 Å². The fourth-order valence-electron chi connectivity index (χ4n) is 2.58. The Bertz CT molecular complexity index is 777. The number of alkyl halides is 3. The number of aliphatic hydroxyl groups is 2. The number of hydrogen-bond donors (Lipinski definition) is 4. The number of carbonyl (C=O) groups excluding carboxylic acids is 1. The molecule has 1 aromatic heterocycles. The predicted molar refractivity (Wildman–Crippen MR) is 77.1 cm³/mol. The number of carbonyl (C=O) groups is 1. The standard InChI is InChI=1S/C13H16F3N3O7/c1-25-7-8(22)12(5-20,4-17-10(23)13(14,15)16)26-9(7)19-3-2-6(21)18-11(19)24/h2-3,7-9,20,22H,4-5H2,1H3,(H,17,23)(H,18,21,24)/t7-,8+,9-,12-/m1/s1. The van der Waals surface area contributed by atoms with E-state index < -0.39 is 60.5 Å². The molecule has 0 aromatic carbocycles. The first-order valence-electron chi connectivity index (χ1n) is 7.22. The molecule has 26 heavy (non-hydrogen) atoms. The highest BCUT2D eigenvalue weighted by molar-refractivity contribution is 5.81. The topological polar surface area (TPSA) is 143 Å². The van der Waals surface area contributed by atoms with Crippen molar-refractivity contribution >= 4 is 5.91 Å². The second-order valence-corrected chi connectivity index (χ2v) is 5.57. The van der Waals surface area contributed by atoms with Crippen LogP contribution in [0.25, 0.3) is 0 Å². The molecular formula is C13H16F3N3O7. The molecule has 1 aliphatic heterocycles. The Morgan fingerprint density at radius 3 is 2.65 bits per heavy atom. The summed E-state index contributed by atoms with van der Waals surface area (Å²) in [5.41, 5.74) is -3.70. The van der Waals surface area contributed by atoms with Crippen molar-refractivity contribution in [3.05, 3.63) is 33.1 Å². The van der Waals surface area contributed by atoms with Crippen LogP contribution in [0, 0.1) is 0 Å². The first-order chi connectivity index (χ1) is 12.1. The van der Waals surface area contributed by atoms with Crippen molar-refractivity contribution in [1.82, 2.24) is 14.9 Å². The normalized spacial score (nSPS) is 28.9. The van der Waals surface area contributed by atoms with Crippen molar-refractivity contribution < 1.29 is 37.7 Å². The summed E-state index contributed by atoms with van der Waals surface area (Å²) in [4.78, 5) is 36.0. The number of nitrogens with zero attached hydrogens (tertiary/aromatic N) is 1. The zero-order valence-electron chi connectivity index (χ0n) is 13.3. The van der Waals surface area contributed by atoms with Crippen LogP contribution in [-0.4, -0.2) is 69.9 Å². The summed E-state index contributed by atoms with van der Waals surface area (Å²) in [6.45, 7) is -1.89. The second kappa shape index (κ2) is 7.19. The summed E-state index contributed by atoms with van der Waals surface area (Å²) in [7, 11) is 1.14. The van der Waals surface area contributed by atoms with E-state index >= 15 is 0 Å². The Hall–Kier alpha value is -2.22. The van der Waals surface area contributed by atoms with Crippen LogP contribution in [0.5, 0.6) is 0 Å². The Kier molecular flexibility index (Phi) is 5.55. The van der Waals surface area contributed by atoms with Crippen LogP contribution in [0.15, 0.2) is 21.9 Å². The number of methoxy groups -OCH3 is 1. The van der Waals surface area contributed by atoms with Gasteiger partial charge in [0.2, 0.25) is 0 Å². The van der Waals surface area contributed by atoms with Gasteiger partial charge in [0, 0.05) is 19.4 Å². The van der Waals surface area contributed by atoms with E-state index in [-0.39, 0.29) is 0 Å². The van der Waals surface area contributed by atoms with Crippen LogP contribution in [0.3, 0.4) is 0 Å². The fraction of sp³-hybridized carbons (Fsp3) is 0.615. The van der Waals surface area contributed by atoms with Gasteiger partial charge >= 0.3 is 17.8 Å². The maximum Gasteiger partial charge on any atom is 0.471 e. The molecule has 4 N–H and O–H groups in total. The molecule has 13 heteroatoms. The number of H-pyrrole nitrogens is 1. The van der Waals surface area contributed by atoms with E-state index in [1.807, 2.05) is 4.98 Å². The maximum atomic E-state index is 12.3. The number of amides is 1. The van der Waals surface area contributed by atoms with Crippen LogP contribution in [0.4, 0.5) is 13.2 Å². The number of aromatic amines is 1. The van der Waals surface area contributed by atoms with E-state index in [1.54, 1.807) is 0 Å². The van der Waals surface area contributed by atoms with Gasteiger partial charge in [0.25, 0.3) is 5.56 Å². The lowest BCUT2D eigenvalue weighted by Crippen LogP contribution is -2.55. The van der Waals surface area contributed by atoms with E-state index in [0.29, 0.717) is 0 Å². The molecule has 2 heterocycles. The van der Waals surface area contributed by atoms with Gasteiger partial charge in [0.05, 0.1) is 13.2 Å². The highest BCUT2D eigenvalue weighted by Crippen LogP contribution is 2.37. The van der Waals surface area contributed by atoms with Gasteiger partial charge in [0.15, 0.2) is 6.23 Å². The van der Waals surface area contributed by atoms with Gasteiger partial charge in [0.1, 0.15) is 17.8 Å². The minimum atomic E-state index is -5.17. The largest absolute Gasteiger partial charge is 0.471 e. The molecule has 1 aromatic rings. The molecule has 1 aliphatic rings. The van der Waals surface area contributed by atoms with E-state index in [4.69, 9.17) is 9.47 Å². The number of aromatic nitrogens is 2. The third-order valence-electron chi connectivity index (χ3n) is 3.96. The molecule has 1 saturated heterocycles. The highest BCUT2D eigenvalue weighted by atomic mass is 19.4. The number of halogens is 3. The molecule has 0 unspecified atom stereocenters. The number of nitrogens with one attached hydrogen (secondary N) is 2. The minimum Gasteiger partial charge on any atom is -0.393 e. The Labute approximate surface area is 143 Å². The summed E-state index contributed by atoms with van der Waals surface area (Å²) in [5.74, 6) is -2.29. The summed E-state index contributed by atoms with van der Waals surface area (Å²) < 4.78 is 48.3. The fourth-order valence-corrected chi connectivity index (χ4v) is 2.58.